The molecule has 4 aliphatic rings. The second-order valence-corrected chi connectivity index (χ2v) is 13.7. The predicted molar refractivity (Wildman–Crippen MR) is 175 cm³/mol. The summed E-state index contributed by atoms with van der Waals surface area (Å²) < 4.78 is 18.8. The summed E-state index contributed by atoms with van der Waals surface area (Å²) in [5.74, 6) is 1.61. The van der Waals surface area contributed by atoms with Gasteiger partial charge in [0.25, 0.3) is 0 Å². The summed E-state index contributed by atoms with van der Waals surface area (Å²) in [5.41, 5.74) is 9.37. The molecule has 1 aliphatic heterocycles. The van der Waals surface area contributed by atoms with E-state index < -0.39 is 5.41 Å². The number of hydrogen-bond acceptors (Lipinski definition) is 6. The third-order valence-corrected chi connectivity index (χ3v) is 11.6. The molecule has 1 N–H and O–H groups in total. The van der Waals surface area contributed by atoms with E-state index in [-0.39, 0.29) is 16.9 Å². The first-order chi connectivity index (χ1) is 22.4. The summed E-state index contributed by atoms with van der Waals surface area (Å²) in [6, 6.07) is 28.8. The van der Waals surface area contributed by atoms with Crippen LogP contribution in [0.25, 0.3) is 11.1 Å². The van der Waals surface area contributed by atoms with Crippen molar-refractivity contribution in [2.45, 2.75) is 76.2 Å². The SMILES string of the molecule is COC(=O)C12CCC3(C1)NCc1c(OCc4cccc(C#N)c4)cc(OCc4cccc(-c5ccccc5)c4C)c4c1C3(CC4)C2. The molecule has 2 spiro atoms. The van der Waals surface area contributed by atoms with Crippen LogP contribution in [0, 0.1) is 23.7 Å². The third kappa shape index (κ3) is 4.22. The minimum atomic E-state index is -0.449. The molecule has 0 aromatic heterocycles. The molecule has 0 amide bonds. The van der Waals surface area contributed by atoms with Gasteiger partial charge >= 0.3 is 5.97 Å². The van der Waals surface area contributed by atoms with Gasteiger partial charge in [-0.05, 0) is 96.5 Å². The fourth-order valence-electron chi connectivity index (χ4n) is 9.47. The minimum absolute atomic E-state index is 0.0695. The quantitative estimate of drug-likeness (QED) is 0.209. The average Bonchev–Trinajstić information content (AvgIpc) is 3.76. The van der Waals surface area contributed by atoms with Gasteiger partial charge in [0.05, 0.1) is 24.2 Å². The highest BCUT2D eigenvalue weighted by Crippen LogP contribution is 2.72. The van der Waals surface area contributed by atoms with Crippen LogP contribution < -0.4 is 14.8 Å². The summed E-state index contributed by atoms with van der Waals surface area (Å²) in [4.78, 5) is 13.3. The molecule has 3 unspecified atom stereocenters. The highest BCUT2D eigenvalue weighted by atomic mass is 16.5. The Morgan fingerprint density at radius 3 is 2.52 bits per heavy atom. The molecular weight excluding hydrogens is 572 g/mol. The van der Waals surface area contributed by atoms with E-state index in [1.807, 2.05) is 30.3 Å². The maximum absolute atomic E-state index is 13.3. The Morgan fingerprint density at radius 2 is 1.70 bits per heavy atom. The second-order valence-electron chi connectivity index (χ2n) is 13.7. The molecule has 2 fully saturated rings. The lowest BCUT2D eigenvalue weighted by atomic mass is 9.60. The van der Waals surface area contributed by atoms with Crippen LogP contribution in [0.1, 0.15) is 71.0 Å². The topological polar surface area (TPSA) is 80.6 Å². The van der Waals surface area contributed by atoms with E-state index in [1.165, 1.54) is 40.5 Å². The Kier molecular flexibility index (Phi) is 6.74. The van der Waals surface area contributed by atoms with Gasteiger partial charge in [-0.15, -0.1) is 0 Å². The number of nitrogens with one attached hydrogen (secondary N) is 1. The predicted octanol–water partition coefficient (Wildman–Crippen LogP) is 7.46. The highest BCUT2D eigenvalue weighted by molar-refractivity contribution is 5.80. The van der Waals surface area contributed by atoms with Crippen molar-refractivity contribution in [2.75, 3.05) is 7.11 Å². The second kappa shape index (κ2) is 10.7. The number of fused-ring (bicyclic) bond motifs is 1. The van der Waals surface area contributed by atoms with Crippen LogP contribution >= 0.6 is 0 Å². The monoisotopic (exact) mass is 610 g/mol. The number of rotatable bonds is 8. The number of esters is 1. The molecule has 46 heavy (non-hydrogen) atoms. The number of nitrogens with zero attached hydrogens (tertiary/aromatic N) is 1. The molecule has 3 atom stereocenters. The van der Waals surface area contributed by atoms with Gasteiger partial charge < -0.3 is 19.5 Å². The molecule has 0 radical (unpaired) electrons. The molecule has 2 bridgehead atoms. The molecule has 0 saturated heterocycles. The Balaban J connectivity index is 1.19. The van der Waals surface area contributed by atoms with Crippen LogP contribution in [0.2, 0.25) is 0 Å². The van der Waals surface area contributed by atoms with Gasteiger partial charge in [-0.3, -0.25) is 4.79 Å². The Labute approximate surface area is 270 Å². The van der Waals surface area contributed by atoms with Crippen molar-refractivity contribution < 1.29 is 19.0 Å². The fraction of sp³-hybridized carbons (Fsp3) is 0.350. The van der Waals surface area contributed by atoms with Gasteiger partial charge in [0, 0.05) is 29.1 Å². The lowest BCUT2D eigenvalue weighted by molar-refractivity contribution is -0.152. The van der Waals surface area contributed by atoms with Crippen molar-refractivity contribution >= 4 is 5.97 Å². The smallest absolute Gasteiger partial charge is 0.311 e. The van der Waals surface area contributed by atoms with Gasteiger partial charge in [-0.1, -0.05) is 60.7 Å². The Hall–Kier alpha value is -4.60. The highest BCUT2D eigenvalue weighted by Gasteiger charge is 2.73. The summed E-state index contributed by atoms with van der Waals surface area (Å²) in [7, 11) is 1.52. The van der Waals surface area contributed by atoms with E-state index >= 15 is 0 Å². The van der Waals surface area contributed by atoms with E-state index in [1.54, 1.807) is 0 Å². The van der Waals surface area contributed by atoms with E-state index in [0.717, 1.165) is 61.2 Å². The maximum atomic E-state index is 13.3. The number of ether oxygens (including phenoxy) is 3. The zero-order valence-electron chi connectivity index (χ0n) is 26.4. The molecule has 8 rings (SSSR count). The summed E-state index contributed by atoms with van der Waals surface area (Å²) >= 11 is 0. The van der Waals surface area contributed by atoms with Crippen LogP contribution in [0.5, 0.6) is 11.5 Å². The van der Waals surface area contributed by atoms with E-state index in [2.05, 4.69) is 66.8 Å². The molecule has 4 aromatic rings. The number of carbonyl (C=O) groups is 1. The van der Waals surface area contributed by atoms with E-state index in [9.17, 15) is 10.1 Å². The standard InChI is InChI=1S/C40H38N2O4/c1-26-30(12-7-13-31(26)29-10-4-3-5-11-29)23-46-34-19-35(45-22-28-9-6-8-27(18-28)20-41)33-21-42-40-17-16-38(25-40,37(43)44-2)24-39(40)15-14-32(34)36(33)39/h3-13,18-19,42H,14-17,21-25H2,1-2H3. The van der Waals surface area contributed by atoms with Gasteiger partial charge in [0.1, 0.15) is 24.7 Å². The maximum Gasteiger partial charge on any atom is 0.311 e. The number of carbonyl (C=O) groups excluding carboxylic acids is 1. The van der Waals surface area contributed by atoms with Crippen molar-refractivity contribution in [3.63, 3.8) is 0 Å². The summed E-state index contributed by atoms with van der Waals surface area (Å²) in [6.07, 6.45) is 5.34. The van der Waals surface area contributed by atoms with Gasteiger partial charge in [0.15, 0.2) is 0 Å². The average molecular weight is 611 g/mol. The van der Waals surface area contributed by atoms with Gasteiger partial charge in [-0.2, -0.15) is 5.26 Å². The van der Waals surface area contributed by atoms with Gasteiger partial charge in [-0.25, -0.2) is 0 Å². The van der Waals surface area contributed by atoms with Crippen LogP contribution in [0.15, 0.2) is 78.9 Å². The lowest BCUT2D eigenvalue weighted by Crippen LogP contribution is -2.59. The zero-order chi connectivity index (χ0) is 31.5. The zero-order valence-corrected chi connectivity index (χ0v) is 26.4. The molecule has 1 heterocycles. The molecular formula is C40H38N2O4. The molecule has 232 valence electrons. The van der Waals surface area contributed by atoms with E-state index in [4.69, 9.17) is 14.2 Å². The minimum Gasteiger partial charge on any atom is -0.488 e. The van der Waals surface area contributed by atoms with Crippen molar-refractivity contribution in [1.29, 1.82) is 5.26 Å². The Morgan fingerprint density at radius 1 is 0.891 bits per heavy atom. The largest absolute Gasteiger partial charge is 0.488 e. The molecule has 4 aromatic carbocycles. The van der Waals surface area contributed by atoms with Crippen molar-refractivity contribution in [3.05, 3.63) is 118 Å². The number of benzene rings is 4. The molecule has 6 heteroatoms. The number of hydrogen-bond donors (Lipinski definition) is 1. The third-order valence-electron chi connectivity index (χ3n) is 11.6. The molecule has 2 saturated carbocycles. The Bertz CT molecular complexity index is 1910. The molecule has 3 aliphatic carbocycles. The fourth-order valence-corrected chi connectivity index (χ4v) is 9.47. The van der Waals surface area contributed by atoms with Crippen LogP contribution in [0.4, 0.5) is 0 Å². The van der Waals surface area contributed by atoms with Crippen molar-refractivity contribution in [1.82, 2.24) is 5.32 Å². The molecule has 6 nitrogen and oxygen atoms in total. The summed E-state index contributed by atoms with van der Waals surface area (Å²) in [6.45, 7) is 3.66. The first kappa shape index (κ1) is 28.8. The summed E-state index contributed by atoms with van der Waals surface area (Å²) in [5, 5.41) is 13.4. The number of nitriles is 1. The number of methoxy groups -OCH3 is 1. The first-order valence-corrected chi connectivity index (χ1v) is 16.3. The normalized spacial score (nSPS) is 25.0. The lowest BCUT2D eigenvalue weighted by Gasteiger charge is -2.50. The van der Waals surface area contributed by atoms with Gasteiger partial charge in [0.2, 0.25) is 0 Å². The van der Waals surface area contributed by atoms with Crippen LogP contribution in [-0.4, -0.2) is 18.6 Å². The van der Waals surface area contributed by atoms with Crippen LogP contribution in [0.3, 0.4) is 0 Å². The van der Waals surface area contributed by atoms with E-state index in [0.29, 0.717) is 25.3 Å². The van der Waals surface area contributed by atoms with Crippen molar-refractivity contribution in [3.8, 4) is 28.7 Å². The van der Waals surface area contributed by atoms with Crippen LogP contribution in [-0.2, 0) is 41.1 Å². The van der Waals surface area contributed by atoms with Crippen molar-refractivity contribution in [2.24, 2.45) is 5.41 Å². The first-order valence-electron chi connectivity index (χ1n) is 16.3.